The summed E-state index contributed by atoms with van der Waals surface area (Å²) >= 11 is 0. The Kier molecular flexibility index (Phi) is 4.33. The number of hydrogen-bond acceptors (Lipinski definition) is 6. The number of ether oxygens (including phenoxy) is 1. The minimum Gasteiger partial charge on any atom is -0.435 e. The van der Waals surface area contributed by atoms with Gasteiger partial charge in [-0.2, -0.15) is 0 Å². The molecule has 0 spiro atoms. The van der Waals surface area contributed by atoms with Crippen molar-refractivity contribution in [3.05, 3.63) is 36.0 Å². The number of pyridine rings is 1. The summed E-state index contributed by atoms with van der Waals surface area (Å²) in [5, 5.41) is 0. The molecule has 0 saturated heterocycles. The fourth-order valence-corrected chi connectivity index (χ4v) is 3.92. The zero-order valence-electron chi connectivity index (χ0n) is 14.7. The SMILES string of the molecule is CCS(=O)(=O)c1cc(C2CC2)cnc1-c1nc2cc(OC(F)(F)F)ccc2o1. The van der Waals surface area contributed by atoms with E-state index in [0.717, 1.165) is 30.5 Å². The molecule has 1 aliphatic rings. The van der Waals surface area contributed by atoms with Gasteiger partial charge in [0.25, 0.3) is 0 Å². The lowest BCUT2D eigenvalue weighted by Gasteiger charge is -2.08. The highest BCUT2D eigenvalue weighted by atomic mass is 32.2. The molecule has 0 N–H and O–H groups in total. The lowest BCUT2D eigenvalue weighted by atomic mass is 10.2. The number of benzene rings is 1. The minimum atomic E-state index is -4.83. The number of oxazole rings is 1. The summed E-state index contributed by atoms with van der Waals surface area (Å²) in [6.07, 6.45) is -1.27. The van der Waals surface area contributed by atoms with Crippen molar-refractivity contribution in [1.82, 2.24) is 9.97 Å². The molecule has 0 bridgehead atoms. The third-order valence-corrected chi connectivity index (χ3v) is 6.17. The zero-order valence-corrected chi connectivity index (χ0v) is 15.5. The molecule has 3 aromatic rings. The van der Waals surface area contributed by atoms with Gasteiger partial charge in [0.1, 0.15) is 17.0 Å². The van der Waals surface area contributed by atoms with E-state index in [4.69, 9.17) is 4.42 Å². The van der Waals surface area contributed by atoms with Gasteiger partial charge in [-0.25, -0.2) is 18.4 Å². The molecule has 28 heavy (non-hydrogen) atoms. The van der Waals surface area contributed by atoms with Crippen LogP contribution in [0.4, 0.5) is 13.2 Å². The van der Waals surface area contributed by atoms with Crippen LogP contribution in [-0.4, -0.2) is 30.5 Å². The number of sulfone groups is 1. The molecule has 0 aliphatic heterocycles. The summed E-state index contributed by atoms with van der Waals surface area (Å²) in [7, 11) is -3.61. The van der Waals surface area contributed by atoms with E-state index < -0.39 is 21.9 Å². The van der Waals surface area contributed by atoms with Crippen LogP contribution in [0, 0.1) is 0 Å². The highest BCUT2D eigenvalue weighted by Crippen LogP contribution is 2.41. The van der Waals surface area contributed by atoms with Crippen LogP contribution in [0.15, 0.2) is 39.8 Å². The van der Waals surface area contributed by atoms with Gasteiger partial charge in [-0.05, 0) is 42.5 Å². The van der Waals surface area contributed by atoms with Crippen molar-refractivity contribution >= 4 is 20.9 Å². The molecule has 1 aliphatic carbocycles. The maximum absolute atomic E-state index is 12.6. The highest BCUT2D eigenvalue weighted by molar-refractivity contribution is 7.91. The number of rotatable bonds is 5. The normalized spacial score (nSPS) is 15.1. The number of aromatic nitrogens is 2. The lowest BCUT2D eigenvalue weighted by molar-refractivity contribution is -0.274. The van der Waals surface area contributed by atoms with Crippen LogP contribution in [0.25, 0.3) is 22.7 Å². The average molecular weight is 412 g/mol. The molecule has 1 saturated carbocycles. The van der Waals surface area contributed by atoms with E-state index in [2.05, 4.69) is 14.7 Å². The van der Waals surface area contributed by atoms with Gasteiger partial charge in [0.15, 0.2) is 15.4 Å². The Morgan fingerprint density at radius 2 is 2.00 bits per heavy atom. The molecule has 2 aromatic heterocycles. The first kappa shape index (κ1) is 18.7. The number of halogens is 3. The summed E-state index contributed by atoms with van der Waals surface area (Å²) in [6, 6.07) is 5.03. The van der Waals surface area contributed by atoms with Crippen molar-refractivity contribution in [2.24, 2.45) is 0 Å². The summed E-state index contributed by atoms with van der Waals surface area (Å²) in [5.74, 6) is -0.343. The predicted molar refractivity (Wildman–Crippen MR) is 93.6 cm³/mol. The molecule has 1 fully saturated rings. The van der Waals surface area contributed by atoms with Crippen molar-refractivity contribution in [2.45, 2.75) is 36.9 Å². The molecule has 0 radical (unpaired) electrons. The van der Waals surface area contributed by atoms with Crippen LogP contribution in [0.5, 0.6) is 5.75 Å². The monoisotopic (exact) mass is 412 g/mol. The smallest absolute Gasteiger partial charge is 0.435 e. The third-order valence-electron chi connectivity index (χ3n) is 4.43. The second-order valence-corrected chi connectivity index (χ2v) is 8.74. The highest BCUT2D eigenvalue weighted by Gasteiger charge is 2.32. The molecule has 0 unspecified atom stereocenters. The summed E-state index contributed by atoms with van der Waals surface area (Å²) < 4.78 is 71.8. The van der Waals surface area contributed by atoms with Gasteiger partial charge in [0.2, 0.25) is 5.89 Å². The van der Waals surface area contributed by atoms with Crippen LogP contribution in [0.2, 0.25) is 0 Å². The molecule has 0 amide bonds. The molecular formula is C18H15F3N2O4S. The molecule has 0 atom stereocenters. The molecule has 4 rings (SSSR count). The van der Waals surface area contributed by atoms with Crippen LogP contribution >= 0.6 is 0 Å². The number of nitrogens with zero attached hydrogens (tertiary/aromatic N) is 2. The molecule has 2 heterocycles. The van der Waals surface area contributed by atoms with Crippen LogP contribution in [-0.2, 0) is 9.84 Å². The molecular weight excluding hydrogens is 397 g/mol. The Hall–Kier alpha value is -2.62. The Balaban J connectivity index is 1.81. The maximum Gasteiger partial charge on any atom is 0.573 e. The van der Waals surface area contributed by atoms with E-state index in [0.29, 0.717) is 5.92 Å². The summed E-state index contributed by atoms with van der Waals surface area (Å²) in [6.45, 7) is 1.52. The van der Waals surface area contributed by atoms with Crippen molar-refractivity contribution in [2.75, 3.05) is 5.75 Å². The quantitative estimate of drug-likeness (QED) is 0.615. The first-order valence-electron chi connectivity index (χ1n) is 8.55. The van der Waals surface area contributed by atoms with Gasteiger partial charge in [-0.1, -0.05) is 6.92 Å². The molecule has 10 heteroatoms. The second-order valence-electron chi connectivity index (χ2n) is 6.49. The van der Waals surface area contributed by atoms with Gasteiger partial charge in [0, 0.05) is 12.3 Å². The van der Waals surface area contributed by atoms with Gasteiger partial charge in [-0.15, -0.1) is 13.2 Å². The summed E-state index contributed by atoms with van der Waals surface area (Å²) in [4.78, 5) is 8.40. The van der Waals surface area contributed by atoms with E-state index in [1.165, 1.54) is 13.0 Å². The van der Waals surface area contributed by atoms with Gasteiger partial charge >= 0.3 is 6.36 Å². The first-order chi connectivity index (χ1) is 13.2. The standard InChI is InChI=1S/C18H15F3N2O4S/c1-2-28(24,25)15-7-11(10-3-4-10)9-22-16(15)17-23-13-8-12(27-18(19,20)21)5-6-14(13)26-17/h5-10H,2-4H2,1H3. The molecule has 6 nitrogen and oxygen atoms in total. The first-order valence-corrected chi connectivity index (χ1v) is 10.2. The summed E-state index contributed by atoms with van der Waals surface area (Å²) in [5.41, 5.74) is 1.18. The zero-order chi connectivity index (χ0) is 20.1. The van der Waals surface area contributed by atoms with Crippen molar-refractivity contribution < 1.29 is 30.7 Å². The van der Waals surface area contributed by atoms with E-state index in [1.54, 1.807) is 12.3 Å². The number of alkyl halides is 3. The largest absolute Gasteiger partial charge is 0.573 e. The van der Waals surface area contributed by atoms with Crippen molar-refractivity contribution in [3.8, 4) is 17.3 Å². The Morgan fingerprint density at radius 3 is 2.64 bits per heavy atom. The van der Waals surface area contributed by atoms with Crippen LogP contribution in [0.1, 0.15) is 31.2 Å². The second kappa shape index (κ2) is 6.47. The molecule has 1 aromatic carbocycles. The van der Waals surface area contributed by atoms with Crippen molar-refractivity contribution in [1.29, 1.82) is 0 Å². The van der Waals surface area contributed by atoms with E-state index in [9.17, 15) is 21.6 Å². The van der Waals surface area contributed by atoms with Crippen LogP contribution in [0.3, 0.4) is 0 Å². The van der Waals surface area contributed by atoms with E-state index in [-0.39, 0.29) is 33.3 Å². The third kappa shape index (κ3) is 3.68. The predicted octanol–water partition coefficient (Wildman–Crippen LogP) is 4.46. The Bertz CT molecular complexity index is 1150. The molecule has 148 valence electrons. The number of hydrogen-bond donors (Lipinski definition) is 0. The van der Waals surface area contributed by atoms with Gasteiger partial charge in [0.05, 0.1) is 10.6 Å². The van der Waals surface area contributed by atoms with E-state index in [1.807, 2.05) is 0 Å². The van der Waals surface area contributed by atoms with Crippen LogP contribution < -0.4 is 4.74 Å². The van der Waals surface area contributed by atoms with Crippen molar-refractivity contribution in [3.63, 3.8) is 0 Å². The number of fused-ring (bicyclic) bond motifs is 1. The Morgan fingerprint density at radius 1 is 1.25 bits per heavy atom. The fourth-order valence-electron chi connectivity index (χ4n) is 2.86. The Labute approximate surface area is 158 Å². The maximum atomic E-state index is 12.6. The van der Waals surface area contributed by atoms with Gasteiger partial charge < -0.3 is 9.15 Å². The average Bonchev–Trinajstić information content (AvgIpc) is 3.39. The fraction of sp³-hybridized carbons (Fsp3) is 0.333. The lowest BCUT2D eigenvalue weighted by Crippen LogP contribution is -2.16. The topological polar surface area (TPSA) is 82.3 Å². The van der Waals surface area contributed by atoms with E-state index >= 15 is 0 Å². The van der Waals surface area contributed by atoms with Gasteiger partial charge in [-0.3, -0.25) is 0 Å². The minimum absolute atomic E-state index is 0.0118.